The van der Waals surface area contributed by atoms with Crippen LogP contribution >= 0.6 is 11.3 Å². The highest BCUT2D eigenvalue weighted by Gasteiger charge is 2.33. The molecule has 1 heterocycles. The molecule has 1 N–H and O–H groups in total. The highest BCUT2D eigenvalue weighted by atomic mass is 32.1. The van der Waals surface area contributed by atoms with Crippen LogP contribution in [0.5, 0.6) is 0 Å². The van der Waals surface area contributed by atoms with E-state index in [4.69, 9.17) is 0 Å². The maximum atomic E-state index is 15.0. The second-order valence-corrected chi connectivity index (χ2v) is 9.06. The van der Waals surface area contributed by atoms with Gasteiger partial charge in [-0.25, -0.2) is 8.78 Å². The topological polar surface area (TPSA) is 49.4 Å². The molecule has 4 aromatic rings. The van der Waals surface area contributed by atoms with Crippen molar-refractivity contribution in [1.82, 2.24) is 10.2 Å². The third kappa shape index (κ3) is 6.39. The second kappa shape index (κ2) is 11.5. The fraction of sp³-hybridized carbons (Fsp3) is 0.143. The van der Waals surface area contributed by atoms with E-state index < -0.39 is 23.6 Å². The average molecular weight is 491 g/mol. The number of hydrogen-bond acceptors (Lipinski definition) is 3. The highest BCUT2D eigenvalue weighted by molar-refractivity contribution is 7.10. The number of hydrogen-bond donors (Lipinski definition) is 1. The zero-order valence-corrected chi connectivity index (χ0v) is 19.7. The quantitative estimate of drug-likeness (QED) is 0.329. The number of benzene rings is 3. The van der Waals surface area contributed by atoms with Gasteiger partial charge in [-0.1, -0.05) is 66.7 Å². The smallest absolute Gasteiger partial charge is 0.247 e. The number of nitrogens with zero attached hydrogens (tertiary/aromatic N) is 1. The van der Waals surface area contributed by atoms with Crippen molar-refractivity contribution in [3.05, 3.63) is 130 Å². The Hall–Kier alpha value is -3.84. The first kappa shape index (κ1) is 24.3. The zero-order chi connectivity index (χ0) is 24.6. The summed E-state index contributed by atoms with van der Waals surface area (Å²) in [5, 5.41) is 4.73. The predicted octanol–water partition coefficient (Wildman–Crippen LogP) is 5.66. The van der Waals surface area contributed by atoms with Crippen molar-refractivity contribution in [2.75, 3.05) is 0 Å². The van der Waals surface area contributed by atoms with Gasteiger partial charge in [-0.05, 0) is 40.8 Å². The third-order valence-electron chi connectivity index (χ3n) is 5.56. The number of carbonyl (C=O) groups excluding carboxylic acids is 2. The first-order valence-corrected chi connectivity index (χ1v) is 12.0. The summed E-state index contributed by atoms with van der Waals surface area (Å²) in [7, 11) is 0. The van der Waals surface area contributed by atoms with E-state index in [0.29, 0.717) is 5.56 Å². The van der Waals surface area contributed by atoms with Crippen LogP contribution in [0.2, 0.25) is 0 Å². The molecule has 0 radical (unpaired) electrons. The Morgan fingerprint density at radius 3 is 2.23 bits per heavy atom. The van der Waals surface area contributed by atoms with Gasteiger partial charge in [-0.3, -0.25) is 9.59 Å². The predicted molar refractivity (Wildman–Crippen MR) is 132 cm³/mol. The first-order chi connectivity index (χ1) is 17.0. The van der Waals surface area contributed by atoms with Crippen LogP contribution in [-0.4, -0.2) is 16.7 Å². The van der Waals surface area contributed by atoms with E-state index in [1.165, 1.54) is 46.6 Å². The summed E-state index contributed by atoms with van der Waals surface area (Å²) < 4.78 is 28.5. The molecule has 35 heavy (non-hydrogen) atoms. The van der Waals surface area contributed by atoms with Crippen LogP contribution in [0.25, 0.3) is 0 Å². The highest BCUT2D eigenvalue weighted by Crippen LogP contribution is 2.27. The number of amides is 2. The number of nitrogens with one attached hydrogen (secondary N) is 1. The van der Waals surface area contributed by atoms with Crippen LogP contribution in [0.4, 0.5) is 8.78 Å². The van der Waals surface area contributed by atoms with E-state index in [1.54, 1.807) is 18.2 Å². The standard InChI is InChI=1S/C28H24F2N2O2S/c29-22-14-12-21(13-15-22)19-32(26(33)17-23-9-6-16-35-23)27(24-10-4-5-11-25(24)30)28(34)31-18-20-7-2-1-3-8-20/h1-16,27H,17-19H2,(H,31,34). The summed E-state index contributed by atoms with van der Waals surface area (Å²) in [6.07, 6.45) is 0.0653. The molecule has 1 unspecified atom stereocenters. The SMILES string of the molecule is O=C(NCc1ccccc1)C(c1ccccc1F)N(Cc1ccc(F)cc1)C(=O)Cc1cccs1. The van der Waals surface area contributed by atoms with Crippen molar-refractivity contribution in [3.8, 4) is 0 Å². The number of halogens is 2. The molecular formula is C28H24F2N2O2S. The van der Waals surface area contributed by atoms with E-state index in [0.717, 1.165) is 10.4 Å². The van der Waals surface area contributed by atoms with Gasteiger partial charge in [0.15, 0.2) is 0 Å². The van der Waals surface area contributed by atoms with Gasteiger partial charge in [0, 0.05) is 23.5 Å². The summed E-state index contributed by atoms with van der Waals surface area (Å²) in [4.78, 5) is 29.3. The fourth-order valence-electron chi connectivity index (χ4n) is 3.80. The van der Waals surface area contributed by atoms with E-state index in [9.17, 15) is 18.4 Å². The van der Waals surface area contributed by atoms with Crippen molar-refractivity contribution >= 4 is 23.2 Å². The summed E-state index contributed by atoms with van der Waals surface area (Å²) in [5.41, 5.74) is 1.60. The lowest BCUT2D eigenvalue weighted by Gasteiger charge is -2.32. The van der Waals surface area contributed by atoms with Crippen molar-refractivity contribution in [2.45, 2.75) is 25.6 Å². The van der Waals surface area contributed by atoms with Gasteiger partial charge >= 0.3 is 0 Å². The fourth-order valence-corrected chi connectivity index (χ4v) is 4.50. The molecule has 0 saturated heterocycles. The molecule has 0 fully saturated rings. The van der Waals surface area contributed by atoms with E-state index in [2.05, 4.69) is 5.32 Å². The van der Waals surface area contributed by atoms with Crippen LogP contribution in [-0.2, 0) is 29.1 Å². The second-order valence-electron chi connectivity index (χ2n) is 8.03. The van der Waals surface area contributed by atoms with Crippen molar-refractivity contribution in [2.24, 2.45) is 0 Å². The zero-order valence-electron chi connectivity index (χ0n) is 18.9. The van der Waals surface area contributed by atoms with Gasteiger partial charge in [0.05, 0.1) is 6.42 Å². The van der Waals surface area contributed by atoms with Gasteiger partial charge in [-0.15, -0.1) is 11.3 Å². The molecule has 0 saturated carbocycles. The van der Waals surface area contributed by atoms with Gasteiger partial charge in [0.1, 0.15) is 17.7 Å². The van der Waals surface area contributed by atoms with E-state index in [-0.39, 0.29) is 31.0 Å². The lowest BCUT2D eigenvalue weighted by atomic mass is 10.0. The van der Waals surface area contributed by atoms with Crippen molar-refractivity contribution < 1.29 is 18.4 Å². The molecule has 3 aromatic carbocycles. The maximum Gasteiger partial charge on any atom is 0.247 e. The van der Waals surface area contributed by atoms with Crippen molar-refractivity contribution in [3.63, 3.8) is 0 Å². The maximum absolute atomic E-state index is 15.0. The molecular weight excluding hydrogens is 466 g/mol. The molecule has 0 aliphatic carbocycles. The third-order valence-corrected chi connectivity index (χ3v) is 6.44. The molecule has 0 bridgehead atoms. The lowest BCUT2D eigenvalue weighted by Crippen LogP contribution is -2.44. The molecule has 4 nitrogen and oxygen atoms in total. The molecule has 0 aliphatic heterocycles. The monoisotopic (exact) mass is 490 g/mol. The van der Waals surface area contributed by atoms with Crippen LogP contribution in [0.3, 0.4) is 0 Å². The first-order valence-electron chi connectivity index (χ1n) is 11.1. The van der Waals surface area contributed by atoms with Crippen LogP contribution in [0.15, 0.2) is 96.4 Å². The van der Waals surface area contributed by atoms with Gasteiger partial charge in [0.2, 0.25) is 11.8 Å². The van der Waals surface area contributed by atoms with Crippen molar-refractivity contribution in [1.29, 1.82) is 0 Å². The van der Waals surface area contributed by atoms with E-state index >= 15 is 0 Å². The Bertz CT molecular complexity index is 1260. The molecule has 178 valence electrons. The van der Waals surface area contributed by atoms with Gasteiger partial charge in [-0.2, -0.15) is 0 Å². The number of rotatable bonds is 9. The minimum atomic E-state index is -1.21. The molecule has 1 atom stereocenters. The average Bonchev–Trinajstić information content (AvgIpc) is 3.38. The van der Waals surface area contributed by atoms with Gasteiger partial charge < -0.3 is 10.2 Å². The largest absolute Gasteiger partial charge is 0.350 e. The Balaban J connectivity index is 1.70. The molecule has 7 heteroatoms. The molecule has 1 aromatic heterocycles. The molecule has 0 aliphatic rings. The summed E-state index contributed by atoms with van der Waals surface area (Å²) in [6, 6.07) is 23.5. The lowest BCUT2D eigenvalue weighted by molar-refractivity contribution is -0.141. The molecule has 2 amide bonds. The Morgan fingerprint density at radius 2 is 1.54 bits per heavy atom. The summed E-state index contributed by atoms with van der Waals surface area (Å²) in [6.45, 7) is 0.246. The Labute approximate surface area is 206 Å². The molecule has 0 spiro atoms. The van der Waals surface area contributed by atoms with Crippen LogP contribution < -0.4 is 5.32 Å². The number of carbonyl (C=O) groups is 2. The van der Waals surface area contributed by atoms with Crippen LogP contribution in [0.1, 0.15) is 27.6 Å². The summed E-state index contributed by atoms with van der Waals surface area (Å²) >= 11 is 1.43. The minimum Gasteiger partial charge on any atom is -0.350 e. The Kier molecular flexibility index (Phi) is 8.00. The summed E-state index contributed by atoms with van der Waals surface area (Å²) in [5.74, 6) is -1.82. The van der Waals surface area contributed by atoms with Gasteiger partial charge in [0.25, 0.3) is 0 Å². The minimum absolute atomic E-state index is 0.0161. The van der Waals surface area contributed by atoms with Crippen LogP contribution in [0, 0.1) is 11.6 Å². The number of thiophene rings is 1. The van der Waals surface area contributed by atoms with E-state index in [1.807, 2.05) is 47.8 Å². The Morgan fingerprint density at radius 1 is 0.829 bits per heavy atom. The normalized spacial score (nSPS) is 11.6. The molecule has 4 rings (SSSR count).